The molecule has 0 aromatic carbocycles. The lowest BCUT2D eigenvalue weighted by Crippen LogP contribution is -2.44. The molecule has 0 atom stereocenters. The van der Waals surface area contributed by atoms with Gasteiger partial charge in [-0.3, -0.25) is 4.99 Å². The zero-order chi connectivity index (χ0) is 10.4. The van der Waals surface area contributed by atoms with Crippen LogP contribution in [0.5, 0.6) is 0 Å². The number of aliphatic imine (C=N–C) groups is 1. The van der Waals surface area contributed by atoms with Gasteiger partial charge >= 0.3 is 0 Å². The fraction of sp³-hybridized carbons (Fsp3) is 0.900. The summed E-state index contributed by atoms with van der Waals surface area (Å²) in [5.41, 5.74) is 0. The van der Waals surface area contributed by atoms with E-state index in [4.69, 9.17) is 0 Å². The number of guanidine groups is 1. The largest absolute Gasteiger partial charge is 0.356 e. The Morgan fingerprint density at radius 3 is 2.86 bits per heavy atom. The summed E-state index contributed by atoms with van der Waals surface area (Å²) >= 11 is 4.33. The molecule has 1 aliphatic rings. The van der Waals surface area contributed by atoms with Crippen molar-refractivity contribution in [3.8, 4) is 0 Å². The smallest absolute Gasteiger partial charge is 0.194 e. The van der Waals surface area contributed by atoms with E-state index in [1.807, 2.05) is 0 Å². The Labute approximate surface area is 92.4 Å². The van der Waals surface area contributed by atoms with Crippen LogP contribution in [0.3, 0.4) is 0 Å². The number of rotatable bonds is 4. The molecular weight excluding hydrogens is 194 g/mol. The number of nitrogens with one attached hydrogen (secondary N) is 1. The zero-order valence-electron chi connectivity index (χ0n) is 9.16. The molecule has 82 valence electrons. The summed E-state index contributed by atoms with van der Waals surface area (Å²) in [7, 11) is 0. The molecule has 1 aliphatic heterocycles. The van der Waals surface area contributed by atoms with Crippen LogP contribution in [0, 0.1) is 5.92 Å². The third kappa shape index (κ3) is 3.78. The van der Waals surface area contributed by atoms with Gasteiger partial charge in [0.1, 0.15) is 0 Å². The van der Waals surface area contributed by atoms with Gasteiger partial charge in [0.2, 0.25) is 0 Å². The molecule has 1 N–H and O–H groups in total. The molecule has 1 heterocycles. The average molecular weight is 215 g/mol. The van der Waals surface area contributed by atoms with E-state index in [0.717, 1.165) is 43.8 Å². The van der Waals surface area contributed by atoms with Gasteiger partial charge in [-0.25, -0.2) is 0 Å². The van der Waals surface area contributed by atoms with Crippen LogP contribution in [-0.4, -0.2) is 36.4 Å². The van der Waals surface area contributed by atoms with Crippen molar-refractivity contribution < 1.29 is 0 Å². The van der Waals surface area contributed by atoms with Gasteiger partial charge in [0.05, 0.1) is 5.88 Å². The Balaban J connectivity index is 2.39. The lowest BCUT2D eigenvalue weighted by atomic mass is 10.1. The molecule has 4 heteroatoms. The van der Waals surface area contributed by atoms with Gasteiger partial charge in [0, 0.05) is 19.6 Å². The SMILES string of the molecule is CC(C)CCN(CS)C1=NCCCN1. The van der Waals surface area contributed by atoms with Crippen molar-refractivity contribution in [1.29, 1.82) is 0 Å². The highest BCUT2D eigenvalue weighted by molar-refractivity contribution is 7.80. The van der Waals surface area contributed by atoms with E-state index in [1.165, 1.54) is 6.42 Å². The van der Waals surface area contributed by atoms with Crippen molar-refractivity contribution in [3.05, 3.63) is 0 Å². The number of hydrogen-bond acceptors (Lipinski definition) is 4. The summed E-state index contributed by atoms with van der Waals surface area (Å²) in [6.07, 6.45) is 2.34. The van der Waals surface area contributed by atoms with Gasteiger partial charge < -0.3 is 10.2 Å². The molecule has 0 spiro atoms. The standard InChI is InChI=1S/C10H21N3S/c1-9(2)4-7-13(8-14)10-11-5-3-6-12-10/h9,14H,3-8H2,1-2H3,(H,11,12). The van der Waals surface area contributed by atoms with Gasteiger partial charge in [-0.05, 0) is 18.8 Å². The summed E-state index contributed by atoms with van der Waals surface area (Å²) in [5.74, 6) is 2.52. The number of thiol groups is 1. The van der Waals surface area contributed by atoms with Crippen LogP contribution in [0.25, 0.3) is 0 Å². The molecule has 1 rings (SSSR count). The molecule has 14 heavy (non-hydrogen) atoms. The molecule has 0 radical (unpaired) electrons. The first-order valence-corrected chi connectivity index (χ1v) is 6.01. The second-order valence-electron chi connectivity index (χ2n) is 4.07. The van der Waals surface area contributed by atoms with Crippen LogP contribution in [0.15, 0.2) is 4.99 Å². The molecule has 0 fully saturated rings. The Hall–Kier alpha value is -0.380. The van der Waals surface area contributed by atoms with Crippen LogP contribution in [0.1, 0.15) is 26.7 Å². The summed E-state index contributed by atoms with van der Waals surface area (Å²) in [5, 5.41) is 3.32. The molecule has 0 unspecified atom stereocenters. The molecule has 0 bridgehead atoms. The summed E-state index contributed by atoms with van der Waals surface area (Å²) in [4.78, 5) is 6.67. The Morgan fingerprint density at radius 2 is 2.36 bits per heavy atom. The molecule has 0 aliphatic carbocycles. The van der Waals surface area contributed by atoms with E-state index < -0.39 is 0 Å². The lowest BCUT2D eigenvalue weighted by molar-refractivity contribution is 0.409. The summed E-state index contributed by atoms with van der Waals surface area (Å²) in [6, 6.07) is 0. The minimum atomic E-state index is 0.738. The molecule has 0 saturated heterocycles. The first-order chi connectivity index (χ1) is 6.74. The van der Waals surface area contributed by atoms with Crippen molar-refractivity contribution in [2.75, 3.05) is 25.5 Å². The maximum Gasteiger partial charge on any atom is 0.194 e. The van der Waals surface area contributed by atoms with Crippen molar-refractivity contribution in [2.24, 2.45) is 10.9 Å². The Morgan fingerprint density at radius 1 is 1.57 bits per heavy atom. The lowest BCUT2D eigenvalue weighted by Gasteiger charge is -2.27. The van der Waals surface area contributed by atoms with Gasteiger partial charge in [-0.1, -0.05) is 13.8 Å². The highest BCUT2D eigenvalue weighted by atomic mass is 32.1. The molecule has 3 nitrogen and oxygen atoms in total. The predicted octanol–water partition coefficient (Wildman–Crippen LogP) is 1.57. The zero-order valence-corrected chi connectivity index (χ0v) is 10.1. The average Bonchev–Trinajstić information content (AvgIpc) is 2.20. The molecule has 0 aromatic heterocycles. The van der Waals surface area contributed by atoms with E-state index in [0.29, 0.717) is 0 Å². The maximum absolute atomic E-state index is 4.46. The van der Waals surface area contributed by atoms with E-state index >= 15 is 0 Å². The Bertz CT molecular complexity index is 192. The van der Waals surface area contributed by atoms with Crippen LogP contribution in [-0.2, 0) is 0 Å². The third-order valence-corrected chi connectivity index (χ3v) is 2.67. The molecule has 0 aromatic rings. The highest BCUT2D eigenvalue weighted by Crippen LogP contribution is 2.04. The second kappa shape index (κ2) is 6.17. The number of hydrogen-bond donors (Lipinski definition) is 2. The third-order valence-electron chi connectivity index (χ3n) is 2.33. The fourth-order valence-corrected chi connectivity index (χ4v) is 1.66. The van der Waals surface area contributed by atoms with Crippen molar-refractivity contribution in [1.82, 2.24) is 10.2 Å². The first-order valence-electron chi connectivity index (χ1n) is 5.38. The van der Waals surface area contributed by atoms with E-state index in [1.54, 1.807) is 0 Å². The molecule has 0 saturated carbocycles. The minimum Gasteiger partial charge on any atom is -0.356 e. The predicted molar refractivity (Wildman–Crippen MR) is 64.9 cm³/mol. The van der Waals surface area contributed by atoms with Gasteiger partial charge in [0.25, 0.3) is 0 Å². The maximum atomic E-state index is 4.46. The summed E-state index contributed by atoms with van der Waals surface area (Å²) in [6.45, 7) is 7.53. The van der Waals surface area contributed by atoms with Crippen molar-refractivity contribution in [3.63, 3.8) is 0 Å². The monoisotopic (exact) mass is 215 g/mol. The van der Waals surface area contributed by atoms with E-state index in [-0.39, 0.29) is 0 Å². The van der Waals surface area contributed by atoms with Gasteiger partial charge in [-0.2, -0.15) is 12.6 Å². The normalized spacial score (nSPS) is 16.4. The van der Waals surface area contributed by atoms with Gasteiger partial charge in [-0.15, -0.1) is 0 Å². The van der Waals surface area contributed by atoms with Crippen LogP contribution in [0.4, 0.5) is 0 Å². The highest BCUT2D eigenvalue weighted by Gasteiger charge is 2.11. The fourth-order valence-electron chi connectivity index (χ4n) is 1.39. The molecular formula is C10H21N3S. The first kappa shape index (κ1) is 11.7. The Kier molecular flexibility index (Phi) is 5.15. The van der Waals surface area contributed by atoms with Crippen molar-refractivity contribution >= 4 is 18.6 Å². The second-order valence-corrected chi connectivity index (χ2v) is 4.36. The van der Waals surface area contributed by atoms with E-state index in [2.05, 4.69) is 41.7 Å². The van der Waals surface area contributed by atoms with Crippen LogP contribution < -0.4 is 5.32 Å². The minimum absolute atomic E-state index is 0.738. The summed E-state index contributed by atoms with van der Waals surface area (Å²) < 4.78 is 0. The number of nitrogens with zero attached hydrogens (tertiary/aromatic N) is 2. The van der Waals surface area contributed by atoms with E-state index in [9.17, 15) is 0 Å². The van der Waals surface area contributed by atoms with Gasteiger partial charge in [0.15, 0.2) is 5.96 Å². The van der Waals surface area contributed by atoms with Crippen LogP contribution in [0.2, 0.25) is 0 Å². The quantitative estimate of drug-likeness (QED) is 0.550. The van der Waals surface area contributed by atoms with Crippen molar-refractivity contribution in [2.45, 2.75) is 26.7 Å². The molecule has 0 amide bonds. The van der Waals surface area contributed by atoms with Crippen LogP contribution >= 0.6 is 12.6 Å². The topological polar surface area (TPSA) is 27.6 Å².